The molecule has 0 amide bonds. The van der Waals surface area contributed by atoms with Gasteiger partial charge in [0.05, 0.1) is 11.0 Å². The lowest BCUT2D eigenvalue weighted by molar-refractivity contribution is -0.278. The number of carbonyl (C=O) groups is 2. The van der Waals surface area contributed by atoms with Crippen molar-refractivity contribution in [1.82, 2.24) is 9.80 Å². The maximum absolute atomic E-state index is 16.1. The molecule has 63 heavy (non-hydrogen) atoms. The average Bonchev–Trinajstić information content (AvgIpc) is 3.73. The monoisotopic (exact) mass is 841 g/mol. The summed E-state index contributed by atoms with van der Waals surface area (Å²) in [5.74, 6) is 11.3. The number of allylic oxidation sites excluding steroid dienone is 2. The summed E-state index contributed by atoms with van der Waals surface area (Å²) in [5.41, 5.74) is 16.7. The van der Waals surface area contributed by atoms with Crippen LogP contribution in [0.25, 0.3) is 0 Å². The second kappa shape index (κ2) is 13.3. The highest BCUT2D eigenvalue weighted by Crippen LogP contribution is 2.87. The number of benzene rings is 2. The van der Waals surface area contributed by atoms with Gasteiger partial charge in [-0.05, 0) is 160 Å². The smallest absolute Gasteiger partial charge is 0.339 e. The predicted octanol–water partition coefficient (Wildman–Crippen LogP) is 8.59. The molecule has 6 aliphatic carbocycles. The van der Waals surface area contributed by atoms with E-state index in [-0.39, 0.29) is 29.7 Å². The molecule has 15 aliphatic rings. The number of fused-ring (bicyclic) bond motifs is 6. The van der Waals surface area contributed by atoms with Crippen LogP contribution in [0.5, 0.6) is 0 Å². The predicted molar refractivity (Wildman–Crippen MR) is 241 cm³/mol. The summed E-state index contributed by atoms with van der Waals surface area (Å²) in [4.78, 5) is 36.7. The molecule has 3 spiro atoms. The van der Waals surface area contributed by atoms with Crippen molar-refractivity contribution in [3.05, 3.63) is 104 Å². The topological polar surface area (TPSA) is 85.1 Å². The van der Waals surface area contributed by atoms with Crippen LogP contribution in [0.3, 0.4) is 0 Å². The Kier molecular flexibility index (Phi) is 8.03. The van der Waals surface area contributed by atoms with Crippen molar-refractivity contribution in [1.29, 1.82) is 0 Å². The standard InChI is InChI=1S/C56H63N3O4/c1-31-15-20-47-54-22-21-42-44-27-38-26-37-24-33(8-3-4-14-46(55(44,54)53(61)62-47)56(54)43-13-6-10-36(11-7-23-57)49(43)52(60)63-56)16-17-35(37)9-5-12-40-32(2)48(38)50(42)51-41(40)18-19-45-39-25-34(29-59(45)51)28-58(31)30-39/h6,10,13,16-17,20,24,31-32,34,38-40,45-46,48,50H,3-4,7-9,11,14-15,18-19,21-23,25-30,57H2,1-2H3. The largest absolute Gasteiger partial charge is 0.449 e. The van der Waals surface area contributed by atoms with E-state index in [1.54, 1.807) is 16.8 Å². The number of nitrogens with zero attached hydrogens (tertiary/aromatic N) is 2. The minimum atomic E-state index is -0.980. The molecule has 2 N–H and O–H groups in total. The van der Waals surface area contributed by atoms with E-state index in [0.717, 1.165) is 126 Å². The molecule has 0 radical (unpaired) electrons. The summed E-state index contributed by atoms with van der Waals surface area (Å²) in [6.45, 7) is 8.94. The molecule has 9 aliphatic heterocycles. The molecule has 7 heteroatoms. The van der Waals surface area contributed by atoms with Crippen molar-refractivity contribution in [3.8, 4) is 11.8 Å². The Hall–Kier alpha value is -4.12. The van der Waals surface area contributed by atoms with Gasteiger partial charge in [0, 0.05) is 67.2 Å². The van der Waals surface area contributed by atoms with Crippen LogP contribution in [0.4, 0.5) is 0 Å². The van der Waals surface area contributed by atoms with Crippen molar-refractivity contribution in [2.75, 3.05) is 26.2 Å². The van der Waals surface area contributed by atoms with E-state index in [1.165, 1.54) is 35.1 Å². The van der Waals surface area contributed by atoms with Gasteiger partial charge in [-0.1, -0.05) is 72.7 Å². The number of hydrogen-bond acceptors (Lipinski definition) is 7. The molecule has 4 fully saturated rings. The van der Waals surface area contributed by atoms with Gasteiger partial charge in [0.2, 0.25) is 0 Å². The Balaban J connectivity index is 1.08. The number of esters is 2. The third kappa shape index (κ3) is 4.57. The Labute approximate surface area is 373 Å². The maximum Gasteiger partial charge on any atom is 0.339 e. The first-order valence-corrected chi connectivity index (χ1v) is 25.3. The lowest BCUT2D eigenvalue weighted by Crippen LogP contribution is -2.77. The SMILES string of the molecule is CC1C2C#CCc3ccc4cc3CC3CC5=C6CCC78C(=CCC(C)N9CC%10CC(C9)C9CCC2=C(C6C31)N9C%10)OC(=O)C57C(CCCC4)C81OC(=O)c2c(CCCN)cccc21. The van der Waals surface area contributed by atoms with E-state index in [1.807, 2.05) is 0 Å². The van der Waals surface area contributed by atoms with Crippen LogP contribution in [-0.2, 0) is 45.6 Å². The van der Waals surface area contributed by atoms with Crippen LogP contribution in [-0.4, -0.2) is 60.0 Å². The summed E-state index contributed by atoms with van der Waals surface area (Å²) in [5, 5.41) is 0. The molecule has 9 heterocycles. The number of piperidine rings is 2. The highest BCUT2D eigenvalue weighted by atomic mass is 16.6. The number of nitrogens with two attached hydrogens (primary N) is 1. The van der Waals surface area contributed by atoms with Crippen LogP contribution in [0.1, 0.15) is 123 Å². The second-order valence-corrected chi connectivity index (χ2v) is 22.6. The average molecular weight is 842 g/mol. The van der Waals surface area contributed by atoms with E-state index in [2.05, 4.69) is 78.0 Å². The van der Waals surface area contributed by atoms with Crippen LogP contribution in [0, 0.1) is 70.0 Å². The van der Waals surface area contributed by atoms with Crippen molar-refractivity contribution in [2.45, 2.75) is 128 Å². The first-order valence-electron chi connectivity index (χ1n) is 25.3. The fourth-order valence-electron chi connectivity index (χ4n) is 18.1. The molecule has 14 atom stereocenters. The summed E-state index contributed by atoms with van der Waals surface area (Å²) >= 11 is 0. The molecule has 2 aromatic rings. The highest BCUT2D eigenvalue weighted by molar-refractivity contribution is 6.00. The summed E-state index contributed by atoms with van der Waals surface area (Å²) in [7, 11) is 0. The summed E-state index contributed by atoms with van der Waals surface area (Å²) < 4.78 is 14.3. The van der Waals surface area contributed by atoms with E-state index in [0.29, 0.717) is 48.2 Å². The third-order valence-corrected chi connectivity index (χ3v) is 20.2. The number of ether oxygens (including phenoxy) is 2. The van der Waals surface area contributed by atoms with Crippen molar-refractivity contribution in [3.63, 3.8) is 0 Å². The first-order chi connectivity index (χ1) is 30.8. The zero-order valence-electron chi connectivity index (χ0n) is 37.4. The normalized spacial score (nSPS) is 42.9. The molecule has 7 nitrogen and oxygen atoms in total. The van der Waals surface area contributed by atoms with E-state index < -0.39 is 16.4 Å². The zero-order chi connectivity index (χ0) is 42.1. The Morgan fingerprint density at radius 2 is 1.87 bits per heavy atom. The quantitative estimate of drug-likeness (QED) is 0.188. The molecule has 14 unspecified atom stereocenters. The Bertz CT molecular complexity index is 2580. The minimum absolute atomic E-state index is 0.0556. The fraction of sp³-hybridized carbons (Fsp3) is 0.607. The summed E-state index contributed by atoms with van der Waals surface area (Å²) in [6, 6.07) is 14.7. The number of rotatable bonds is 3. The van der Waals surface area contributed by atoms with E-state index in [4.69, 9.17) is 15.2 Å². The second-order valence-electron chi connectivity index (χ2n) is 22.6. The molecular formula is C56H63N3O4. The maximum atomic E-state index is 16.1. The van der Waals surface area contributed by atoms with E-state index >= 15 is 4.79 Å². The number of carbonyl (C=O) groups excluding carboxylic acids is 2. The van der Waals surface area contributed by atoms with Crippen LogP contribution in [0.15, 0.2) is 70.6 Å². The molecule has 17 rings (SSSR count). The van der Waals surface area contributed by atoms with Gasteiger partial charge in [-0.2, -0.15) is 0 Å². The zero-order valence-corrected chi connectivity index (χ0v) is 37.4. The van der Waals surface area contributed by atoms with Gasteiger partial charge >= 0.3 is 11.9 Å². The lowest BCUT2D eigenvalue weighted by atomic mass is 9.28. The molecule has 3 saturated heterocycles. The van der Waals surface area contributed by atoms with Gasteiger partial charge in [0.1, 0.15) is 11.2 Å². The number of aryl methyl sites for hydroxylation is 2. The van der Waals surface area contributed by atoms with Gasteiger partial charge in [0.25, 0.3) is 0 Å². The molecule has 0 aromatic heterocycles. The van der Waals surface area contributed by atoms with Crippen LogP contribution >= 0.6 is 0 Å². The Morgan fingerprint density at radius 3 is 2.78 bits per heavy atom. The Morgan fingerprint density at radius 1 is 0.952 bits per heavy atom. The molecule has 2 aromatic carbocycles. The first kappa shape index (κ1) is 38.2. The van der Waals surface area contributed by atoms with Crippen molar-refractivity contribution >= 4 is 11.9 Å². The van der Waals surface area contributed by atoms with Gasteiger partial charge in [-0.25, -0.2) is 4.79 Å². The number of hydrogen-bond donors (Lipinski definition) is 1. The third-order valence-electron chi connectivity index (χ3n) is 20.2. The van der Waals surface area contributed by atoms with E-state index in [9.17, 15) is 4.79 Å². The highest BCUT2D eigenvalue weighted by Gasteiger charge is 2.93. The molecular weight excluding hydrogens is 779 g/mol. The van der Waals surface area contributed by atoms with Gasteiger partial charge in [-0.3, -0.25) is 9.69 Å². The van der Waals surface area contributed by atoms with Crippen molar-refractivity contribution < 1.29 is 19.1 Å². The van der Waals surface area contributed by atoms with Crippen LogP contribution < -0.4 is 5.73 Å². The van der Waals surface area contributed by atoms with Gasteiger partial charge < -0.3 is 20.1 Å². The van der Waals surface area contributed by atoms with Crippen molar-refractivity contribution in [2.24, 2.45) is 63.9 Å². The van der Waals surface area contributed by atoms with Gasteiger partial charge in [-0.15, -0.1) is 0 Å². The lowest BCUT2D eigenvalue weighted by Gasteiger charge is -2.72. The fourth-order valence-corrected chi connectivity index (χ4v) is 18.1. The molecule has 326 valence electrons. The van der Waals surface area contributed by atoms with Crippen LogP contribution in [0.2, 0.25) is 0 Å². The molecule has 17 bridgehead atoms. The molecule has 1 saturated carbocycles. The minimum Gasteiger partial charge on any atom is -0.449 e. The van der Waals surface area contributed by atoms with Gasteiger partial charge in [0.15, 0.2) is 5.60 Å². The summed E-state index contributed by atoms with van der Waals surface area (Å²) in [6.07, 6.45) is 16.6.